The molecule has 0 aromatic carbocycles. The molecule has 0 aliphatic heterocycles. The molecule has 0 saturated heterocycles. The van der Waals surface area contributed by atoms with E-state index in [1.54, 1.807) is 0 Å². The molecular weight excluding hydrogens is 250 g/mol. The zero-order chi connectivity index (χ0) is 12.2. The summed E-state index contributed by atoms with van der Waals surface area (Å²) in [7, 11) is -3.21. The lowest BCUT2D eigenvalue weighted by atomic mass is 10.1. The molecule has 1 saturated carbocycles. The van der Waals surface area contributed by atoms with Crippen LogP contribution in [-0.4, -0.2) is 39.3 Å². The van der Waals surface area contributed by atoms with Crippen LogP contribution in [0.4, 0.5) is 0 Å². The summed E-state index contributed by atoms with van der Waals surface area (Å²) in [5, 5.41) is 0. The Kier molecular flexibility index (Phi) is 5.04. The average Bonchev–Trinajstić information content (AvgIpc) is 2.95. The molecule has 1 N–H and O–H groups in total. The summed E-state index contributed by atoms with van der Waals surface area (Å²) >= 11 is 5.77. The van der Waals surface area contributed by atoms with Crippen LogP contribution in [0.3, 0.4) is 0 Å². The second kappa shape index (κ2) is 5.67. The molecule has 1 aliphatic carbocycles. The van der Waals surface area contributed by atoms with Gasteiger partial charge in [0.05, 0.1) is 18.5 Å². The van der Waals surface area contributed by atoms with E-state index in [1.165, 1.54) is 0 Å². The highest BCUT2D eigenvalue weighted by molar-refractivity contribution is 7.89. The number of ether oxygens (including phenoxy) is 1. The van der Waals surface area contributed by atoms with Crippen molar-refractivity contribution in [3.63, 3.8) is 0 Å². The maximum absolute atomic E-state index is 11.6. The fourth-order valence-electron chi connectivity index (χ4n) is 1.26. The van der Waals surface area contributed by atoms with Crippen molar-refractivity contribution in [1.82, 2.24) is 4.72 Å². The fraction of sp³-hybridized carbons (Fsp3) is 1.00. The maximum Gasteiger partial charge on any atom is 0.213 e. The highest BCUT2D eigenvalue weighted by Crippen LogP contribution is 2.45. The van der Waals surface area contributed by atoms with Crippen molar-refractivity contribution in [2.45, 2.75) is 32.8 Å². The van der Waals surface area contributed by atoms with E-state index < -0.39 is 10.0 Å². The first-order valence-corrected chi connectivity index (χ1v) is 7.73. The van der Waals surface area contributed by atoms with Gasteiger partial charge in [0, 0.05) is 12.4 Å². The van der Waals surface area contributed by atoms with Crippen molar-refractivity contribution >= 4 is 21.6 Å². The molecule has 1 aliphatic rings. The second-order valence-corrected chi connectivity index (χ2v) is 6.89. The average molecular weight is 270 g/mol. The zero-order valence-electron chi connectivity index (χ0n) is 9.83. The number of hydrogen-bond acceptors (Lipinski definition) is 3. The minimum Gasteiger partial charge on any atom is -0.378 e. The van der Waals surface area contributed by atoms with Crippen molar-refractivity contribution < 1.29 is 13.2 Å². The van der Waals surface area contributed by atoms with Crippen LogP contribution < -0.4 is 4.72 Å². The van der Waals surface area contributed by atoms with Gasteiger partial charge in [-0.2, -0.15) is 0 Å². The normalized spacial score (nSPS) is 19.0. The second-order valence-electron chi connectivity index (χ2n) is 4.69. The molecule has 0 heterocycles. The summed E-state index contributed by atoms with van der Waals surface area (Å²) in [4.78, 5) is 0. The Morgan fingerprint density at radius 3 is 2.50 bits per heavy atom. The number of nitrogens with one attached hydrogen (secondary N) is 1. The van der Waals surface area contributed by atoms with Crippen molar-refractivity contribution in [3.8, 4) is 0 Å². The number of rotatable bonds is 8. The molecule has 96 valence electrons. The van der Waals surface area contributed by atoms with E-state index in [4.69, 9.17) is 16.3 Å². The Bertz CT molecular complexity index is 312. The summed E-state index contributed by atoms with van der Waals surface area (Å²) in [6.45, 7) is 4.46. The molecule has 0 aromatic heterocycles. The molecule has 1 rings (SSSR count). The van der Waals surface area contributed by atoms with Crippen LogP contribution in [0.1, 0.15) is 26.7 Å². The van der Waals surface area contributed by atoms with Gasteiger partial charge in [-0.05, 0) is 32.1 Å². The molecule has 0 amide bonds. The SMILES string of the molecule is CC(C)OCCS(=O)(=O)NCC1(CCl)CC1. The van der Waals surface area contributed by atoms with Gasteiger partial charge >= 0.3 is 0 Å². The summed E-state index contributed by atoms with van der Waals surface area (Å²) in [5.41, 5.74) is 0.0214. The molecule has 0 spiro atoms. The van der Waals surface area contributed by atoms with Gasteiger partial charge in [0.25, 0.3) is 0 Å². The Morgan fingerprint density at radius 2 is 2.06 bits per heavy atom. The van der Waals surface area contributed by atoms with Crippen molar-refractivity contribution in [2.75, 3.05) is 24.8 Å². The third kappa shape index (κ3) is 4.99. The number of sulfonamides is 1. The number of hydrogen-bond donors (Lipinski definition) is 1. The number of alkyl halides is 1. The zero-order valence-corrected chi connectivity index (χ0v) is 11.4. The van der Waals surface area contributed by atoms with Crippen LogP contribution in [0.5, 0.6) is 0 Å². The topological polar surface area (TPSA) is 55.4 Å². The first kappa shape index (κ1) is 14.2. The van der Waals surface area contributed by atoms with E-state index in [-0.39, 0.29) is 23.9 Å². The molecule has 0 atom stereocenters. The number of halogens is 1. The molecule has 1 fully saturated rings. The molecule has 0 radical (unpaired) electrons. The van der Waals surface area contributed by atoms with Crippen LogP contribution in [0, 0.1) is 5.41 Å². The molecule has 4 nitrogen and oxygen atoms in total. The minimum absolute atomic E-state index is 0.0174. The van der Waals surface area contributed by atoms with Crippen molar-refractivity contribution in [1.29, 1.82) is 0 Å². The van der Waals surface area contributed by atoms with Gasteiger partial charge in [0.2, 0.25) is 10.0 Å². The van der Waals surface area contributed by atoms with Gasteiger partial charge < -0.3 is 4.74 Å². The molecule has 0 aromatic rings. The molecule has 0 bridgehead atoms. The molecule has 6 heteroatoms. The third-order valence-corrected chi connectivity index (χ3v) is 4.57. The standard InChI is InChI=1S/C10H20ClNO3S/c1-9(2)15-5-6-16(13,14)12-8-10(7-11)3-4-10/h9,12H,3-8H2,1-2H3. The fourth-order valence-corrected chi connectivity index (χ4v) is 2.61. The monoisotopic (exact) mass is 269 g/mol. The summed E-state index contributed by atoms with van der Waals surface area (Å²) in [5.74, 6) is 0.543. The minimum atomic E-state index is -3.21. The summed E-state index contributed by atoms with van der Waals surface area (Å²) in [6.07, 6.45) is 2.09. The van der Waals surface area contributed by atoms with E-state index in [0.29, 0.717) is 12.4 Å². The smallest absolute Gasteiger partial charge is 0.213 e. The van der Waals surface area contributed by atoms with Crippen molar-refractivity contribution in [2.24, 2.45) is 5.41 Å². The molecular formula is C10H20ClNO3S. The lowest BCUT2D eigenvalue weighted by molar-refractivity contribution is 0.0911. The predicted molar refractivity (Wildman–Crippen MR) is 65.3 cm³/mol. The highest BCUT2D eigenvalue weighted by atomic mass is 35.5. The Hall–Kier alpha value is 0.160. The molecule has 0 unspecified atom stereocenters. The first-order valence-electron chi connectivity index (χ1n) is 5.54. The Morgan fingerprint density at radius 1 is 1.44 bits per heavy atom. The van der Waals surface area contributed by atoms with Crippen LogP contribution >= 0.6 is 11.6 Å². The lowest BCUT2D eigenvalue weighted by Crippen LogP contribution is -2.34. The van der Waals surface area contributed by atoms with Gasteiger partial charge in [0.1, 0.15) is 0 Å². The van der Waals surface area contributed by atoms with E-state index >= 15 is 0 Å². The van der Waals surface area contributed by atoms with Crippen molar-refractivity contribution in [3.05, 3.63) is 0 Å². The van der Waals surface area contributed by atoms with E-state index in [1.807, 2.05) is 13.8 Å². The first-order chi connectivity index (χ1) is 7.39. The predicted octanol–water partition coefficient (Wildman–Crippen LogP) is 1.35. The van der Waals surface area contributed by atoms with Gasteiger partial charge in [0.15, 0.2) is 0 Å². The Balaban J connectivity index is 2.24. The van der Waals surface area contributed by atoms with Crippen LogP contribution in [0.2, 0.25) is 0 Å². The quantitative estimate of drug-likeness (QED) is 0.677. The van der Waals surface area contributed by atoms with Gasteiger partial charge in [-0.1, -0.05) is 0 Å². The van der Waals surface area contributed by atoms with Gasteiger partial charge in [-0.25, -0.2) is 13.1 Å². The van der Waals surface area contributed by atoms with Gasteiger partial charge in [-0.15, -0.1) is 11.6 Å². The Labute approximate surface area is 103 Å². The lowest BCUT2D eigenvalue weighted by Gasteiger charge is -2.13. The van der Waals surface area contributed by atoms with Gasteiger partial charge in [-0.3, -0.25) is 0 Å². The summed E-state index contributed by atoms with van der Waals surface area (Å²) < 4.78 is 30.9. The van der Waals surface area contributed by atoms with Crippen LogP contribution in [0.25, 0.3) is 0 Å². The maximum atomic E-state index is 11.6. The van der Waals surface area contributed by atoms with E-state index in [9.17, 15) is 8.42 Å². The third-order valence-electron chi connectivity index (χ3n) is 2.71. The molecule has 16 heavy (non-hydrogen) atoms. The highest BCUT2D eigenvalue weighted by Gasteiger charge is 2.42. The van der Waals surface area contributed by atoms with Crippen LogP contribution in [0.15, 0.2) is 0 Å². The summed E-state index contributed by atoms with van der Waals surface area (Å²) in [6, 6.07) is 0. The van der Waals surface area contributed by atoms with Crippen LogP contribution in [-0.2, 0) is 14.8 Å². The van der Waals surface area contributed by atoms with E-state index in [2.05, 4.69) is 4.72 Å². The van der Waals surface area contributed by atoms with E-state index in [0.717, 1.165) is 12.8 Å². The largest absolute Gasteiger partial charge is 0.378 e.